The fraction of sp³-hybridized carbons (Fsp3) is 0.154. The van der Waals surface area contributed by atoms with E-state index in [1.54, 1.807) is 18.3 Å². The molecule has 37 heavy (non-hydrogen) atoms. The molecular formula is C26H24BrN5O3S2. The Labute approximate surface area is 229 Å². The summed E-state index contributed by atoms with van der Waals surface area (Å²) in [6.45, 7) is 0. The van der Waals surface area contributed by atoms with Crippen LogP contribution in [0.1, 0.15) is 23.5 Å². The number of rotatable bonds is 7. The minimum atomic E-state index is -3.48. The zero-order chi connectivity index (χ0) is 26.2. The largest absolute Gasteiger partial charge is 0.494 e. The lowest BCUT2D eigenvalue weighted by molar-refractivity contribution is 0.417. The van der Waals surface area contributed by atoms with Crippen LogP contribution in [0, 0.1) is 0 Å². The lowest BCUT2D eigenvalue weighted by Gasteiger charge is -2.29. The Morgan fingerprint density at radius 3 is 2.49 bits per heavy atom. The first-order chi connectivity index (χ1) is 17.7. The molecule has 4 aromatic rings. The van der Waals surface area contributed by atoms with E-state index in [1.165, 1.54) is 7.11 Å². The van der Waals surface area contributed by atoms with Gasteiger partial charge in [0.2, 0.25) is 10.0 Å². The number of hydrogen-bond donors (Lipinski definition) is 2. The molecule has 0 spiro atoms. The predicted octanol–water partition coefficient (Wildman–Crippen LogP) is 5.19. The van der Waals surface area contributed by atoms with Gasteiger partial charge in [-0.25, -0.2) is 8.42 Å². The molecule has 1 fully saturated rings. The SMILES string of the molecule is COc1cc(N2C(=S)N[C@@H](c3ccccn3)[C@H]2c2cccn2-c2ccc(Br)cc2)ccc1NS(C)(=O)=O. The van der Waals surface area contributed by atoms with E-state index in [2.05, 4.69) is 41.6 Å². The number of aromatic nitrogens is 2. The summed E-state index contributed by atoms with van der Waals surface area (Å²) in [4.78, 5) is 6.64. The molecule has 2 atom stereocenters. The van der Waals surface area contributed by atoms with Crippen molar-refractivity contribution in [2.24, 2.45) is 0 Å². The van der Waals surface area contributed by atoms with Gasteiger partial charge < -0.3 is 19.5 Å². The van der Waals surface area contributed by atoms with E-state index in [1.807, 2.05) is 65.7 Å². The first-order valence-corrected chi connectivity index (χ1v) is 14.4. The van der Waals surface area contributed by atoms with Gasteiger partial charge in [-0.05, 0) is 72.9 Å². The molecule has 11 heteroatoms. The van der Waals surface area contributed by atoms with Crippen LogP contribution in [0.2, 0.25) is 0 Å². The summed E-state index contributed by atoms with van der Waals surface area (Å²) < 4.78 is 34.8. The summed E-state index contributed by atoms with van der Waals surface area (Å²) in [5.74, 6) is 0.383. The van der Waals surface area contributed by atoms with Crippen molar-refractivity contribution in [1.82, 2.24) is 14.9 Å². The molecule has 5 rings (SSSR count). The average Bonchev–Trinajstić information content (AvgIpc) is 3.49. The van der Waals surface area contributed by atoms with Crippen molar-refractivity contribution in [1.29, 1.82) is 0 Å². The third-order valence-corrected chi connectivity index (χ3v) is 7.48. The maximum Gasteiger partial charge on any atom is 0.229 e. The summed E-state index contributed by atoms with van der Waals surface area (Å²) in [7, 11) is -1.98. The van der Waals surface area contributed by atoms with E-state index in [0.29, 0.717) is 16.5 Å². The number of hydrogen-bond acceptors (Lipinski definition) is 5. The van der Waals surface area contributed by atoms with Crippen LogP contribution in [0.3, 0.4) is 0 Å². The number of ether oxygens (including phenoxy) is 1. The third-order valence-electron chi connectivity index (χ3n) is 6.04. The first-order valence-electron chi connectivity index (χ1n) is 11.3. The Morgan fingerprint density at radius 2 is 1.81 bits per heavy atom. The molecule has 0 saturated carbocycles. The number of benzene rings is 2. The summed E-state index contributed by atoms with van der Waals surface area (Å²) >= 11 is 9.36. The number of nitrogens with one attached hydrogen (secondary N) is 2. The van der Waals surface area contributed by atoms with Gasteiger partial charge in [0, 0.05) is 40.0 Å². The molecule has 2 aromatic carbocycles. The van der Waals surface area contributed by atoms with Gasteiger partial charge in [0.05, 0.1) is 30.8 Å². The number of pyridine rings is 1. The van der Waals surface area contributed by atoms with Crippen molar-refractivity contribution >= 4 is 54.7 Å². The van der Waals surface area contributed by atoms with E-state index in [4.69, 9.17) is 17.0 Å². The maximum absolute atomic E-state index is 11.8. The third kappa shape index (κ3) is 5.20. The van der Waals surface area contributed by atoms with E-state index in [9.17, 15) is 8.42 Å². The molecule has 0 radical (unpaired) electrons. The van der Waals surface area contributed by atoms with E-state index in [-0.39, 0.29) is 12.1 Å². The summed E-state index contributed by atoms with van der Waals surface area (Å²) in [5, 5.41) is 3.98. The molecule has 0 amide bonds. The molecule has 0 unspecified atom stereocenters. The van der Waals surface area contributed by atoms with E-state index >= 15 is 0 Å². The Balaban J connectivity index is 1.64. The smallest absolute Gasteiger partial charge is 0.229 e. The van der Waals surface area contributed by atoms with E-state index in [0.717, 1.165) is 33.5 Å². The minimum Gasteiger partial charge on any atom is -0.494 e. The molecule has 3 heterocycles. The molecule has 0 bridgehead atoms. The number of thiocarbonyl (C=S) groups is 1. The van der Waals surface area contributed by atoms with Gasteiger partial charge in [-0.3, -0.25) is 9.71 Å². The van der Waals surface area contributed by atoms with Crippen LogP contribution in [0.5, 0.6) is 5.75 Å². The van der Waals surface area contributed by atoms with Crippen LogP contribution in [0.4, 0.5) is 11.4 Å². The van der Waals surface area contributed by atoms with Crippen LogP contribution >= 0.6 is 28.1 Å². The van der Waals surface area contributed by atoms with Crippen LogP contribution < -0.4 is 19.7 Å². The molecule has 2 aromatic heterocycles. The fourth-order valence-electron chi connectivity index (χ4n) is 4.52. The number of halogens is 1. The van der Waals surface area contributed by atoms with Crippen LogP contribution in [-0.4, -0.2) is 36.4 Å². The second kappa shape index (κ2) is 10.2. The molecule has 190 valence electrons. The zero-order valence-electron chi connectivity index (χ0n) is 20.0. The summed E-state index contributed by atoms with van der Waals surface area (Å²) in [6.07, 6.45) is 4.89. The highest BCUT2D eigenvalue weighted by molar-refractivity contribution is 9.10. The molecule has 2 N–H and O–H groups in total. The van der Waals surface area contributed by atoms with Gasteiger partial charge in [-0.15, -0.1) is 0 Å². The fourth-order valence-corrected chi connectivity index (χ4v) is 5.70. The molecule has 8 nitrogen and oxygen atoms in total. The predicted molar refractivity (Wildman–Crippen MR) is 153 cm³/mol. The van der Waals surface area contributed by atoms with Crippen molar-refractivity contribution in [3.05, 3.63) is 101 Å². The Bertz CT molecular complexity index is 1540. The zero-order valence-corrected chi connectivity index (χ0v) is 23.2. The summed E-state index contributed by atoms with van der Waals surface area (Å²) in [5.41, 5.74) is 3.96. The molecule has 1 aliphatic heterocycles. The van der Waals surface area contributed by atoms with Gasteiger partial charge in [-0.1, -0.05) is 22.0 Å². The number of sulfonamides is 1. The second-order valence-electron chi connectivity index (χ2n) is 8.53. The van der Waals surface area contributed by atoms with Crippen LogP contribution in [0.25, 0.3) is 5.69 Å². The highest BCUT2D eigenvalue weighted by Crippen LogP contribution is 2.44. The molecule has 1 aliphatic rings. The van der Waals surface area contributed by atoms with Crippen molar-refractivity contribution in [2.75, 3.05) is 23.0 Å². The Hall–Kier alpha value is -3.41. The van der Waals surface area contributed by atoms with Crippen molar-refractivity contribution < 1.29 is 13.2 Å². The number of anilines is 2. The molecule has 0 aliphatic carbocycles. The van der Waals surface area contributed by atoms with Gasteiger partial charge in [-0.2, -0.15) is 0 Å². The Kier molecular flexibility index (Phi) is 6.93. The summed E-state index contributed by atoms with van der Waals surface area (Å²) in [6, 6.07) is 22.8. The van der Waals surface area contributed by atoms with Crippen molar-refractivity contribution in [3.63, 3.8) is 0 Å². The minimum absolute atomic E-state index is 0.238. The second-order valence-corrected chi connectivity index (χ2v) is 11.6. The molecule has 1 saturated heterocycles. The Morgan fingerprint density at radius 1 is 1.05 bits per heavy atom. The quantitative estimate of drug-likeness (QED) is 0.283. The van der Waals surface area contributed by atoms with Gasteiger partial charge >= 0.3 is 0 Å². The van der Waals surface area contributed by atoms with Crippen LogP contribution in [0.15, 0.2) is 89.7 Å². The monoisotopic (exact) mass is 597 g/mol. The van der Waals surface area contributed by atoms with Crippen LogP contribution in [-0.2, 0) is 10.0 Å². The first kappa shape index (κ1) is 25.2. The van der Waals surface area contributed by atoms with Gasteiger partial charge in [0.25, 0.3) is 0 Å². The normalized spacial score (nSPS) is 17.5. The number of methoxy groups -OCH3 is 1. The topological polar surface area (TPSA) is 88.5 Å². The van der Waals surface area contributed by atoms with Crippen molar-refractivity contribution in [3.8, 4) is 11.4 Å². The average molecular weight is 599 g/mol. The highest BCUT2D eigenvalue weighted by atomic mass is 79.9. The number of nitrogens with zero attached hydrogens (tertiary/aromatic N) is 3. The highest BCUT2D eigenvalue weighted by Gasteiger charge is 2.42. The van der Waals surface area contributed by atoms with Crippen molar-refractivity contribution in [2.45, 2.75) is 12.1 Å². The standard InChI is InChI=1S/C26H24BrN5O3S2/c1-35-23-16-19(12-13-20(23)30-37(2,33)34)32-25(24(29-26(32)36)21-6-3-4-14-28-21)22-7-5-15-31(22)18-10-8-17(27)9-11-18/h3-16,24-25,30H,1-2H3,(H,29,36)/t24-,25+/m0/s1. The van der Waals surface area contributed by atoms with E-state index < -0.39 is 10.0 Å². The van der Waals surface area contributed by atoms with Gasteiger partial charge in [0.15, 0.2) is 5.11 Å². The maximum atomic E-state index is 11.8. The lowest BCUT2D eigenvalue weighted by Crippen LogP contribution is -2.30. The van der Waals surface area contributed by atoms with Gasteiger partial charge in [0.1, 0.15) is 11.8 Å². The lowest BCUT2D eigenvalue weighted by atomic mass is 10.0. The molecular weight excluding hydrogens is 574 g/mol.